The molecule has 3 aromatic rings. The fraction of sp³-hybridized carbons (Fsp3) is 0.158. The normalized spacial score (nSPS) is 12.1. The Morgan fingerprint density at radius 1 is 1.20 bits per heavy atom. The summed E-state index contributed by atoms with van der Waals surface area (Å²) in [7, 11) is 1.47. The van der Waals surface area contributed by atoms with Gasteiger partial charge in [0, 0.05) is 19.7 Å². The van der Waals surface area contributed by atoms with E-state index in [0.717, 1.165) is 6.07 Å². The number of amides is 1. The third-order valence-corrected chi connectivity index (χ3v) is 3.81. The fourth-order valence-corrected chi connectivity index (χ4v) is 2.53. The SMILES string of the molecule is COC(CNC(=O)c1cc(=O)c2ccccc2o1)c1cccc(F)c1. The number of rotatable bonds is 5. The van der Waals surface area contributed by atoms with Crippen molar-refractivity contribution in [2.75, 3.05) is 13.7 Å². The summed E-state index contributed by atoms with van der Waals surface area (Å²) in [6, 6.07) is 13.8. The van der Waals surface area contributed by atoms with Crippen LogP contribution in [0.4, 0.5) is 4.39 Å². The van der Waals surface area contributed by atoms with E-state index in [1.54, 1.807) is 36.4 Å². The van der Waals surface area contributed by atoms with Gasteiger partial charge < -0.3 is 14.5 Å². The summed E-state index contributed by atoms with van der Waals surface area (Å²) in [4.78, 5) is 24.3. The molecular formula is C19H16FNO4. The van der Waals surface area contributed by atoms with Gasteiger partial charge in [-0.05, 0) is 29.8 Å². The van der Waals surface area contributed by atoms with Crippen molar-refractivity contribution < 1.29 is 18.3 Å². The van der Waals surface area contributed by atoms with Crippen LogP contribution in [0.25, 0.3) is 11.0 Å². The van der Waals surface area contributed by atoms with Gasteiger partial charge in [0.15, 0.2) is 11.2 Å². The summed E-state index contributed by atoms with van der Waals surface area (Å²) < 4.78 is 24.1. The molecule has 2 aromatic carbocycles. The molecule has 1 aromatic heterocycles. The lowest BCUT2D eigenvalue weighted by Gasteiger charge is -2.16. The number of hydrogen-bond acceptors (Lipinski definition) is 4. The maximum Gasteiger partial charge on any atom is 0.287 e. The largest absolute Gasteiger partial charge is 0.451 e. The van der Waals surface area contributed by atoms with Crippen LogP contribution in [0.5, 0.6) is 0 Å². The molecule has 0 radical (unpaired) electrons. The maximum atomic E-state index is 13.3. The van der Waals surface area contributed by atoms with Crippen molar-refractivity contribution in [2.45, 2.75) is 6.10 Å². The summed E-state index contributed by atoms with van der Waals surface area (Å²) in [5.41, 5.74) is 0.650. The van der Waals surface area contributed by atoms with Crippen molar-refractivity contribution in [3.63, 3.8) is 0 Å². The van der Waals surface area contributed by atoms with Crippen LogP contribution in [0.3, 0.4) is 0 Å². The molecule has 1 amide bonds. The van der Waals surface area contributed by atoms with Crippen LogP contribution in [-0.4, -0.2) is 19.6 Å². The van der Waals surface area contributed by atoms with Crippen molar-refractivity contribution in [2.24, 2.45) is 0 Å². The predicted molar refractivity (Wildman–Crippen MR) is 91.0 cm³/mol. The molecule has 6 heteroatoms. The van der Waals surface area contributed by atoms with Gasteiger partial charge in [-0.2, -0.15) is 0 Å². The molecule has 128 valence electrons. The molecule has 1 N–H and O–H groups in total. The Bertz CT molecular complexity index is 967. The molecule has 1 unspecified atom stereocenters. The number of nitrogens with one attached hydrogen (secondary N) is 1. The second-order valence-corrected chi connectivity index (χ2v) is 5.46. The zero-order chi connectivity index (χ0) is 17.8. The lowest BCUT2D eigenvalue weighted by atomic mass is 10.1. The first-order chi connectivity index (χ1) is 12.1. The third-order valence-electron chi connectivity index (χ3n) is 3.81. The maximum absolute atomic E-state index is 13.3. The van der Waals surface area contributed by atoms with Crippen molar-refractivity contribution in [1.82, 2.24) is 5.32 Å². The summed E-state index contributed by atoms with van der Waals surface area (Å²) in [5.74, 6) is -1.01. The zero-order valence-electron chi connectivity index (χ0n) is 13.5. The van der Waals surface area contributed by atoms with Crippen LogP contribution < -0.4 is 10.7 Å². The van der Waals surface area contributed by atoms with E-state index < -0.39 is 12.0 Å². The number of ether oxygens (including phenoxy) is 1. The molecule has 3 rings (SSSR count). The zero-order valence-corrected chi connectivity index (χ0v) is 13.5. The van der Waals surface area contributed by atoms with E-state index in [0.29, 0.717) is 16.5 Å². The Hall–Kier alpha value is -2.99. The lowest BCUT2D eigenvalue weighted by Crippen LogP contribution is -2.29. The van der Waals surface area contributed by atoms with Gasteiger partial charge in [0.05, 0.1) is 11.5 Å². The fourth-order valence-electron chi connectivity index (χ4n) is 2.53. The number of benzene rings is 2. The molecule has 1 atom stereocenters. The van der Waals surface area contributed by atoms with Crippen molar-refractivity contribution in [3.8, 4) is 0 Å². The van der Waals surface area contributed by atoms with Gasteiger partial charge in [-0.3, -0.25) is 9.59 Å². The molecule has 0 aliphatic rings. The number of hydrogen-bond donors (Lipinski definition) is 1. The predicted octanol–water partition coefficient (Wildman–Crippen LogP) is 3.05. The van der Waals surface area contributed by atoms with E-state index in [4.69, 9.17) is 9.15 Å². The Kier molecular flexibility index (Phi) is 4.90. The molecule has 0 spiro atoms. The highest BCUT2D eigenvalue weighted by Crippen LogP contribution is 2.17. The van der Waals surface area contributed by atoms with E-state index in [9.17, 15) is 14.0 Å². The molecule has 1 heterocycles. The van der Waals surface area contributed by atoms with Gasteiger partial charge >= 0.3 is 0 Å². The molecular weight excluding hydrogens is 325 g/mol. The molecule has 0 saturated heterocycles. The van der Waals surface area contributed by atoms with E-state index in [-0.39, 0.29) is 23.6 Å². The van der Waals surface area contributed by atoms with Gasteiger partial charge in [-0.25, -0.2) is 4.39 Å². The molecule has 0 bridgehead atoms. The van der Waals surface area contributed by atoms with Crippen LogP contribution in [0, 0.1) is 5.82 Å². The van der Waals surface area contributed by atoms with Crippen molar-refractivity contribution in [3.05, 3.63) is 82.0 Å². The number of carbonyl (C=O) groups is 1. The monoisotopic (exact) mass is 341 g/mol. The standard InChI is InChI=1S/C19H16FNO4/c1-24-18(12-5-4-6-13(20)9-12)11-21-19(23)17-10-15(22)14-7-2-3-8-16(14)25-17/h2-10,18H,11H2,1H3,(H,21,23). The highest BCUT2D eigenvalue weighted by atomic mass is 19.1. The van der Waals surface area contributed by atoms with Crippen LogP contribution in [0.2, 0.25) is 0 Å². The Labute approximate surface area is 143 Å². The summed E-state index contributed by atoms with van der Waals surface area (Å²) in [5, 5.41) is 3.05. The molecule has 25 heavy (non-hydrogen) atoms. The first-order valence-corrected chi connectivity index (χ1v) is 7.68. The first-order valence-electron chi connectivity index (χ1n) is 7.68. The Morgan fingerprint density at radius 2 is 2.00 bits per heavy atom. The summed E-state index contributed by atoms with van der Waals surface area (Å²) in [6.07, 6.45) is -0.521. The summed E-state index contributed by atoms with van der Waals surface area (Å²) >= 11 is 0. The highest BCUT2D eigenvalue weighted by molar-refractivity contribution is 5.93. The van der Waals surface area contributed by atoms with Crippen LogP contribution >= 0.6 is 0 Å². The minimum Gasteiger partial charge on any atom is -0.451 e. The molecule has 0 saturated carbocycles. The smallest absolute Gasteiger partial charge is 0.287 e. The highest BCUT2D eigenvalue weighted by Gasteiger charge is 2.16. The minimum atomic E-state index is -0.540. The van der Waals surface area contributed by atoms with Crippen LogP contribution in [0.1, 0.15) is 22.2 Å². The van der Waals surface area contributed by atoms with Crippen molar-refractivity contribution >= 4 is 16.9 Å². The van der Waals surface area contributed by atoms with Gasteiger partial charge in [-0.15, -0.1) is 0 Å². The van der Waals surface area contributed by atoms with Crippen molar-refractivity contribution in [1.29, 1.82) is 0 Å². The van der Waals surface area contributed by atoms with E-state index in [1.807, 2.05) is 0 Å². The average Bonchev–Trinajstić information content (AvgIpc) is 2.62. The topological polar surface area (TPSA) is 68.5 Å². The number of halogens is 1. The summed E-state index contributed by atoms with van der Waals surface area (Å²) in [6.45, 7) is 0.106. The Balaban J connectivity index is 1.77. The number of para-hydroxylation sites is 1. The second-order valence-electron chi connectivity index (χ2n) is 5.46. The van der Waals surface area contributed by atoms with Crippen LogP contribution in [-0.2, 0) is 4.74 Å². The molecule has 0 fully saturated rings. The Morgan fingerprint density at radius 3 is 2.76 bits per heavy atom. The number of fused-ring (bicyclic) bond motifs is 1. The number of carbonyl (C=O) groups excluding carboxylic acids is 1. The lowest BCUT2D eigenvalue weighted by molar-refractivity contribution is 0.0807. The molecule has 5 nitrogen and oxygen atoms in total. The van der Waals surface area contributed by atoms with E-state index in [1.165, 1.54) is 19.2 Å². The average molecular weight is 341 g/mol. The van der Waals surface area contributed by atoms with Crippen LogP contribution in [0.15, 0.2) is 63.8 Å². The molecule has 0 aliphatic heterocycles. The molecule has 0 aliphatic carbocycles. The second kappa shape index (κ2) is 7.27. The van der Waals surface area contributed by atoms with Gasteiger partial charge in [-0.1, -0.05) is 24.3 Å². The van der Waals surface area contributed by atoms with Gasteiger partial charge in [0.25, 0.3) is 5.91 Å². The minimum absolute atomic E-state index is 0.0854. The van der Waals surface area contributed by atoms with Gasteiger partial charge in [0.1, 0.15) is 11.4 Å². The van der Waals surface area contributed by atoms with Gasteiger partial charge in [0.2, 0.25) is 0 Å². The quantitative estimate of drug-likeness (QED) is 0.774. The third kappa shape index (κ3) is 3.75. The van der Waals surface area contributed by atoms with E-state index in [2.05, 4.69) is 5.32 Å². The van der Waals surface area contributed by atoms with E-state index >= 15 is 0 Å². The number of methoxy groups -OCH3 is 1. The first kappa shape index (κ1) is 16.9.